The molecule has 2 rings (SSSR count). The van der Waals surface area contributed by atoms with Gasteiger partial charge < -0.3 is 19.9 Å². The highest BCUT2D eigenvalue weighted by Crippen LogP contribution is 2.30. The third kappa shape index (κ3) is 7.64. The quantitative estimate of drug-likeness (QED) is 0.643. The first-order valence-electron chi connectivity index (χ1n) is 8.49. The zero-order chi connectivity index (χ0) is 21.4. The summed E-state index contributed by atoms with van der Waals surface area (Å²) in [6.07, 6.45) is -4.64. The summed E-state index contributed by atoms with van der Waals surface area (Å²) in [6.45, 7) is 1.12. The number of carbonyl (C=O) groups excluding carboxylic acids is 3. The fourth-order valence-electron chi connectivity index (χ4n) is 2.21. The Morgan fingerprint density at radius 3 is 2.52 bits per heavy atom. The lowest BCUT2D eigenvalue weighted by Crippen LogP contribution is -2.21. The van der Waals surface area contributed by atoms with Crippen LogP contribution in [0, 0.1) is 6.92 Å². The molecule has 0 aliphatic heterocycles. The molecule has 0 unspecified atom stereocenters. The van der Waals surface area contributed by atoms with Crippen LogP contribution in [0.2, 0.25) is 0 Å². The molecule has 0 spiro atoms. The van der Waals surface area contributed by atoms with Crippen molar-refractivity contribution < 1.29 is 36.8 Å². The summed E-state index contributed by atoms with van der Waals surface area (Å²) in [6, 6.07) is 5.72. The summed E-state index contributed by atoms with van der Waals surface area (Å²) >= 11 is 0. The van der Waals surface area contributed by atoms with Crippen LogP contribution < -0.4 is 10.6 Å². The summed E-state index contributed by atoms with van der Waals surface area (Å²) in [5.41, 5.74) is -0.870. The molecule has 156 valence electrons. The van der Waals surface area contributed by atoms with E-state index in [9.17, 15) is 27.6 Å². The largest absolute Gasteiger partial charge is 0.456 e. The van der Waals surface area contributed by atoms with Crippen LogP contribution in [0.1, 0.15) is 30.6 Å². The van der Waals surface area contributed by atoms with Crippen molar-refractivity contribution in [2.75, 3.05) is 17.2 Å². The van der Waals surface area contributed by atoms with Gasteiger partial charge in [-0.05, 0) is 31.5 Å². The van der Waals surface area contributed by atoms with E-state index in [1.54, 1.807) is 6.92 Å². The topological polar surface area (TPSA) is 111 Å². The number of benzene rings is 1. The molecule has 0 atom stereocenters. The maximum Gasteiger partial charge on any atom is 0.416 e. The number of aryl methyl sites for hydroxylation is 1. The van der Waals surface area contributed by atoms with Gasteiger partial charge in [0.1, 0.15) is 5.76 Å². The van der Waals surface area contributed by atoms with Crippen molar-refractivity contribution in [1.29, 1.82) is 0 Å². The first-order valence-corrected chi connectivity index (χ1v) is 8.49. The van der Waals surface area contributed by atoms with Gasteiger partial charge >= 0.3 is 12.1 Å². The molecule has 1 aromatic heterocycles. The second-order valence-corrected chi connectivity index (χ2v) is 6.01. The van der Waals surface area contributed by atoms with E-state index in [1.165, 1.54) is 18.2 Å². The summed E-state index contributed by atoms with van der Waals surface area (Å²) in [4.78, 5) is 35.0. The lowest BCUT2D eigenvalue weighted by atomic mass is 10.2. The maximum absolute atomic E-state index is 12.6. The van der Waals surface area contributed by atoms with Crippen LogP contribution in [0.4, 0.5) is 24.7 Å². The monoisotopic (exact) mass is 413 g/mol. The number of aromatic nitrogens is 1. The molecule has 0 fully saturated rings. The fraction of sp³-hybridized carbons (Fsp3) is 0.333. The molecule has 0 bridgehead atoms. The Bertz CT molecular complexity index is 880. The second-order valence-electron chi connectivity index (χ2n) is 6.01. The number of alkyl halides is 3. The first kappa shape index (κ1) is 21.9. The van der Waals surface area contributed by atoms with Crippen molar-refractivity contribution in [3.8, 4) is 0 Å². The van der Waals surface area contributed by atoms with Gasteiger partial charge in [-0.25, -0.2) is 0 Å². The van der Waals surface area contributed by atoms with Crippen LogP contribution in [0.25, 0.3) is 0 Å². The molecule has 29 heavy (non-hydrogen) atoms. The minimum Gasteiger partial charge on any atom is -0.456 e. The first-order chi connectivity index (χ1) is 13.6. The zero-order valence-electron chi connectivity index (χ0n) is 15.3. The Morgan fingerprint density at radius 2 is 1.86 bits per heavy atom. The highest BCUT2D eigenvalue weighted by Gasteiger charge is 2.30. The van der Waals surface area contributed by atoms with Gasteiger partial charge in [-0.15, -0.1) is 0 Å². The molecular formula is C18H18F3N3O5. The Kier molecular flexibility index (Phi) is 7.34. The van der Waals surface area contributed by atoms with Gasteiger partial charge in [-0.3, -0.25) is 14.4 Å². The van der Waals surface area contributed by atoms with Gasteiger partial charge in [0, 0.05) is 24.6 Å². The summed E-state index contributed by atoms with van der Waals surface area (Å²) in [5, 5.41) is 8.26. The minimum atomic E-state index is -4.51. The third-order valence-corrected chi connectivity index (χ3v) is 3.52. The van der Waals surface area contributed by atoms with E-state index in [4.69, 9.17) is 9.26 Å². The van der Waals surface area contributed by atoms with E-state index in [2.05, 4.69) is 15.8 Å². The molecule has 2 N–H and O–H groups in total. The number of anilines is 2. The normalized spacial score (nSPS) is 11.0. The molecule has 11 heteroatoms. The lowest BCUT2D eigenvalue weighted by Gasteiger charge is -2.10. The highest BCUT2D eigenvalue weighted by atomic mass is 19.4. The predicted molar refractivity (Wildman–Crippen MR) is 94.8 cm³/mol. The van der Waals surface area contributed by atoms with Crippen molar-refractivity contribution in [1.82, 2.24) is 5.16 Å². The molecule has 1 heterocycles. The summed E-state index contributed by atoms with van der Waals surface area (Å²) in [7, 11) is 0. The van der Waals surface area contributed by atoms with Crippen LogP contribution in [0.5, 0.6) is 0 Å². The number of ether oxygens (including phenoxy) is 1. The van der Waals surface area contributed by atoms with Crippen LogP contribution in [0.3, 0.4) is 0 Å². The molecular weight excluding hydrogens is 395 g/mol. The van der Waals surface area contributed by atoms with Crippen LogP contribution in [-0.4, -0.2) is 29.5 Å². The third-order valence-electron chi connectivity index (χ3n) is 3.52. The number of amides is 2. The molecule has 0 aliphatic carbocycles. The summed E-state index contributed by atoms with van der Waals surface area (Å²) in [5.74, 6) is -1.15. The van der Waals surface area contributed by atoms with Crippen molar-refractivity contribution >= 4 is 29.3 Å². The van der Waals surface area contributed by atoms with Gasteiger partial charge in [0.25, 0.3) is 5.91 Å². The Morgan fingerprint density at radius 1 is 1.10 bits per heavy atom. The predicted octanol–water partition coefficient (Wildman–Crippen LogP) is 3.29. The summed E-state index contributed by atoms with van der Waals surface area (Å²) < 4.78 is 47.5. The SMILES string of the molecule is Cc1cc(NC(=O)COC(=O)CCCC(=O)Nc2cccc(C(F)(F)F)c2)no1. The van der Waals surface area contributed by atoms with Crippen molar-refractivity contribution in [3.63, 3.8) is 0 Å². The second kappa shape index (κ2) is 9.71. The number of nitrogens with one attached hydrogen (secondary N) is 2. The number of halogens is 3. The Balaban J connectivity index is 1.66. The van der Waals surface area contributed by atoms with Gasteiger partial charge in [0.05, 0.1) is 5.56 Å². The zero-order valence-corrected chi connectivity index (χ0v) is 15.3. The molecule has 0 aliphatic rings. The standard InChI is InChI=1S/C18H18F3N3O5/c1-11-8-14(24-29-11)23-16(26)10-28-17(27)7-3-6-15(25)22-13-5-2-4-12(9-13)18(19,20)21/h2,4-5,8-9H,3,6-7,10H2,1H3,(H,22,25)(H,23,24,26). The number of carbonyl (C=O) groups is 3. The van der Waals surface area contributed by atoms with Gasteiger partial charge in [-0.1, -0.05) is 11.2 Å². The molecule has 0 saturated heterocycles. The highest BCUT2D eigenvalue weighted by molar-refractivity contribution is 5.92. The molecule has 1 aromatic carbocycles. The van der Waals surface area contributed by atoms with Crippen LogP contribution in [-0.2, 0) is 25.3 Å². The minimum absolute atomic E-state index is 0.00663. The molecule has 2 amide bonds. The number of hydrogen-bond acceptors (Lipinski definition) is 6. The average Bonchev–Trinajstić information content (AvgIpc) is 3.04. The average molecular weight is 413 g/mol. The van der Waals surface area contributed by atoms with Crippen LogP contribution in [0.15, 0.2) is 34.9 Å². The smallest absolute Gasteiger partial charge is 0.416 e. The van der Waals surface area contributed by atoms with Crippen molar-refractivity contribution in [2.24, 2.45) is 0 Å². The number of rotatable bonds is 8. The number of nitrogens with zero attached hydrogens (tertiary/aromatic N) is 1. The fourth-order valence-corrected chi connectivity index (χ4v) is 2.21. The van der Waals surface area contributed by atoms with E-state index >= 15 is 0 Å². The van der Waals surface area contributed by atoms with E-state index < -0.39 is 36.1 Å². The van der Waals surface area contributed by atoms with Crippen molar-refractivity contribution in [3.05, 3.63) is 41.7 Å². The number of hydrogen-bond donors (Lipinski definition) is 2. The Labute approximate surface area is 163 Å². The molecule has 8 nitrogen and oxygen atoms in total. The van der Waals surface area contributed by atoms with Gasteiger partial charge in [-0.2, -0.15) is 13.2 Å². The Hall–Kier alpha value is -3.37. The van der Waals surface area contributed by atoms with E-state index in [0.29, 0.717) is 5.76 Å². The van der Waals surface area contributed by atoms with Gasteiger partial charge in [0.15, 0.2) is 12.4 Å². The lowest BCUT2D eigenvalue weighted by molar-refractivity contribution is -0.147. The molecule has 2 aromatic rings. The molecule has 0 saturated carbocycles. The molecule has 0 radical (unpaired) electrons. The maximum atomic E-state index is 12.6. The van der Waals surface area contributed by atoms with Crippen molar-refractivity contribution in [2.45, 2.75) is 32.4 Å². The number of esters is 1. The van der Waals surface area contributed by atoms with E-state index in [1.807, 2.05) is 0 Å². The van der Waals surface area contributed by atoms with E-state index in [0.717, 1.165) is 12.1 Å². The van der Waals surface area contributed by atoms with E-state index in [-0.39, 0.29) is 30.8 Å². The van der Waals surface area contributed by atoms with Gasteiger partial charge in [0.2, 0.25) is 5.91 Å². The van der Waals surface area contributed by atoms with Crippen LogP contribution >= 0.6 is 0 Å².